The van der Waals surface area contributed by atoms with E-state index < -0.39 is 18.0 Å². The number of ether oxygens (including phenoxy) is 2. The molecule has 0 bridgehead atoms. The van der Waals surface area contributed by atoms with Crippen molar-refractivity contribution < 1.29 is 24.2 Å². The van der Waals surface area contributed by atoms with Gasteiger partial charge in [0.2, 0.25) is 0 Å². The van der Waals surface area contributed by atoms with E-state index in [4.69, 9.17) is 37.8 Å². The summed E-state index contributed by atoms with van der Waals surface area (Å²) >= 11 is 11.7. The Morgan fingerprint density at radius 2 is 1.90 bits per heavy atom. The molecule has 0 fully saturated rings. The lowest BCUT2D eigenvalue weighted by Gasteiger charge is -2.13. The van der Waals surface area contributed by atoms with Gasteiger partial charge in [0.25, 0.3) is 5.91 Å². The van der Waals surface area contributed by atoms with Crippen LogP contribution in [0.4, 0.5) is 0 Å². The number of carboxylic acid groups (broad SMARTS) is 1. The Kier molecular flexibility index (Phi) is 6.06. The molecule has 0 spiro atoms. The van der Waals surface area contributed by atoms with Crippen LogP contribution in [0.15, 0.2) is 12.1 Å². The highest BCUT2D eigenvalue weighted by Crippen LogP contribution is 2.30. The fraction of sp³-hybridized carbons (Fsp3) is 0.333. The third-order valence-corrected chi connectivity index (χ3v) is 3.22. The Labute approximate surface area is 125 Å². The van der Waals surface area contributed by atoms with Gasteiger partial charge in [-0.2, -0.15) is 0 Å². The maximum atomic E-state index is 12.0. The number of rotatable bonds is 6. The summed E-state index contributed by atoms with van der Waals surface area (Å²) in [7, 11) is 2.62. The first-order valence-electron chi connectivity index (χ1n) is 5.47. The molecule has 0 aliphatic carbocycles. The maximum absolute atomic E-state index is 12.0. The Morgan fingerprint density at radius 3 is 2.40 bits per heavy atom. The lowest BCUT2D eigenvalue weighted by Crippen LogP contribution is -2.37. The van der Waals surface area contributed by atoms with Crippen LogP contribution in [0.2, 0.25) is 10.0 Å². The molecule has 1 unspecified atom stereocenters. The monoisotopic (exact) mass is 321 g/mol. The van der Waals surface area contributed by atoms with Crippen LogP contribution >= 0.6 is 23.2 Å². The molecule has 0 heterocycles. The van der Waals surface area contributed by atoms with E-state index in [9.17, 15) is 9.59 Å². The molecular weight excluding hydrogens is 309 g/mol. The number of hydrogen-bond donors (Lipinski definition) is 2. The van der Waals surface area contributed by atoms with E-state index >= 15 is 0 Å². The second kappa shape index (κ2) is 7.33. The summed E-state index contributed by atoms with van der Waals surface area (Å²) in [6, 6.07) is 2.75. The van der Waals surface area contributed by atoms with Crippen molar-refractivity contribution in [1.82, 2.24) is 5.32 Å². The second-order valence-corrected chi connectivity index (χ2v) is 4.55. The predicted molar refractivity (Wildman–Crippen MR) is 73.8 cm³/mol. The molecule has 1 rings (SSSR count). The van der Waals surface area contributed by atoms with Gasteiger partial charge in [0.1, 0.15) is 5.75 Å². The molecule has 0 saturated heterocycles. The standard InChI is InChI=1S/C12H13Cl2NO5/c1-19-9-4-8(14)7(13)3-6(9)11(16)15-5-10(20-2)12(17)18/h3-4,10H,5H2,1-2H3,(H,15,16)(H,17,18). The van der Waals surface area contributed by atoms with Gasteiger partial charge in [-0.15, -0.1) is 0 Å². The summed E-state index contributed by atoms with van der Waals surface area (Å²) in [5.74, 6) is -1.47. The summed E-state index contributed by atoms with van der Waals surface area (Å²) in [5.41, 5.74) is 0.155. The zero-order valence-corrected chi connectivity index (χ0v) is 12.3. The molecule has 0 aromatic heterocycles. The quantitative estimate of drug-likeness (QED) is 0.835. The lowest BCUT2D eigenvalue weighted by atomic mass is 10.2. The van der Waals surface area contributed by atoms with Crippen LogP contribution in [0.3, 0.4) is 0 Å². The van der Waals surface area contributed by atoms with Crippen LogP contribution < -0.4 is 10.1 Å². The molecular formula is C12H13Cl2NO5. The Bertz CT molecular complexity index is 521. The number of methoxy groups -OCH3 is 2. The maximum Gasteiger partial charge on any atom is 0.334 e. The molecule has 20 heavy (non-hydrogen) atoms. The minimum absolute atomic E-state index is 0.155. The fourth-order valence-corrected chi connectivity index (χ4v) is 1.74. The third kappa shape index (κ3) is 4.00. The van der Waals surface area contributed by atoms with Crippen molar-refractivity contribution in [1.29, 1.82) is 0 Å². The highest BCUT2D eigenvalue weighted by Gasteiger charge is 2.20. The van der Waals surface area contributed by atoms with Crippen molar-refractivity contribution in [3.8, 4) is 5.75 Å². The van der Waals surface area contributed by atoms with Gasteiger partial charge in [-0.3, -0.25) is 4.79 Å². The van der Waals surface area contributed by atoms with E-state index in [0.29, 0.717) is 0 Å². The molecule has 0 radical (unpaired) electrons. The minimum Gasteiger partial charge on any atom is -0.496 e. The van der Waals surface area contributed by atoms with Gasteiger partial charge in [0.05, 0.1) is 29.3 Å². The fourth-order valence-electron chi connectivity index (χ4n) is 1.43. The zero-order valence-electron chi connectivity index (χ0n) is 10.8. The van der Waals surface area contributed by atoms with Crippen LogP contribution in [0.1, 0.15) is 10.4 Å². The van der Waals surface area contributed by atoms with Crippen LogP contribution in [0, 0.1) is 0 Å². The Morgan fingerprint density at radius 1 is 1.30 bits per heavy atom. The molecule has 1 aromatic carbocycles. The Balaban J connectivity index is 2.87. The summed E-state index contributed by atoms with van der Waals surface area (Å²) in [4.78, 5) is 22.8. The van der Waals surface area contributed by atoms with Crippen LogP contribution in [0.5, 0.6) is 5.75 Å². The van der Waals surface area contributed by atoms with Gasteiger partial charge in [0.15, 0.2) is 6.10 Å². The SMILES string of the molecule is COc1cc(Cl)c(Cl)cc1C(=O)NCC(OC)C(=O)O. The molecule has 110 valence electrons. The van der Waals surface area contributed by atoms with Crippen LogP contribution in [-0.2, 0) is 9.53 Å². The number of carbonyl (C=O) groups excluding carboxylic acids is 1. The number of carboxylic acids is 1. The number of hydrogen-bond acceptors (Lipinski definition) is 4. The van der Waals surface area contributed by atoms with Crippen molar-refractivity contribution in [2.75, 3.05) is 20.8 Å². The normalized spacial score (nSPS) is 11.8. The molecule has 6 nitrogen and oxygen atoms in total. The van der Waals surface area contributed by atoms with E-state index in [1.54, 1.807) is 0 Å². The number of carbonyl (C=O) groups is 2. The van der Waals surface area contributed by atoms with Gasteiger partial charge in [-0.1, -0.05) is 23.2 Å². The highest BCUT2D eigenvalue weighted by molar-refractivity contribution is 6.42. The van der Waals surface area contributed by atoms with Crippen LogP contribution in [-0.4, -0.2) is 43.9 Å². The average molecular weight is 322 g/mol. The molecule has 0 aliphatic heterocycles. The third-order valence-electron chi connectivity index (χ3n) is 2.50. The highest BCUT2D eigenvalue weighted by atomic mass is 35.5. The van der Waals surface area contributed by atoms with Crippen molar-refractivity contribution in [2.24, 2.45) is 0 Å². The van der Waals surface area contributed by atoms with Crippen molar-refractivity contribution >= 4 is 35.1 Å². The minimum atomic E-state index is -1.17. The second-order valence-electron chi connectivity index (χ2n) is 3.74. The zero-order chi connectivity index (χ0) is 15.3. The molecule has 8 heteroatoms. The van der Waals surface area contributed by atoms with Gasteiger partial charge < -0.3 is 19.9 Å². The topological polar surface area (TPSA) is 84.9 Å². The first kappa shape index (κ1) is 16.6. The van der Waals surface area contributed by atoms with Gasteiger partial charge in [-0.25, -0.2) is 4.79 Å². The molecule has 1 atom stereocenters. The summed E-state index contributed by atoms with van der Waals surface area (Å²) in [6.07, 6.45) is -1.13. The predicted octanol–water partition coefficient (Wildman–Crippen LogP) is 1.83. The van der Waals surface area contributed by atoms with Crippen LogP contribution in [0.25, 0.3) is 0 Å². The molecule has 1 aromatic rings. The van der Waals surface area contributed by atoms with E-state index in [1.165, 1.54) is 26.4 Å². The summed E-state index contributed by atoms with van der Waals surface area (Å²) < 4.78 is 9.74. The van der Waals surface area contributed by atoms with E-state index in [0.717, 1.165) is 0 Å². The summed E-state index contributed by atoms with van der Waals surface area (Å²) in [5, 5.41) is 11.7. The Hall–Kier alpha value is -1.50. The van der Waals surface area contributed by atoms with Gasteiger partial charge >= 0.3 is 5.97 Å². The number of amides is 1. The first-order valence-corrected chi connectivity index (χ1v) is 6.23. The first-order chi connectivity index (χ1) is 9.40. The van der Waals surface area contributed by atoms with Gasteiger partial charge in [-0.05, 0) is 6.07 Å². The number of nitrogens with one attached hydrogen (secondary N) is 1. The van der Waals surface area contributed by atoms with Crippen molar-refractivity contribution in [3.05, 3.63) is 27.7 Å². The van der Waals surface area contributed by atoms with Gasteiger partial charge in [0, 0.05) is 13.2 Å². The smallest absolute Gasteiger partial charge is 0.334 e. The molecule has 2 N–H and O–H groups in total. The largest absolute Gasteiger partial charge is 0.496 e. The lowest BCUT2D eigenvalue weighted by molar-refractivity contribution is -0.148. The van der Waals surface area contributed by atoms with Crippen molar-refractivity contribution in [2.45, 2.75) is 6.10 Å². The van der Waals surface area contributed by atoms with E-state index in [1.807, 2.05) is 0 Å². The number of benzene rings is 1. The van der Waals surface area contributed by atoms with E-state index in [-0.39, 0.29) is 27.9 Å². The number of halogens is 2. The average Bonchev–Trinajstić information content (AvgIpc) is 2.41. The van der Waals surface area contributed by atoms with E-state index in [2.05, 4.69) is 5.32 Å². The van der Waals surface area contributed by atoms with Crippen molar-refractivity contribution in [3.63, 3.8) is 0 Å². The molecule has 1 amide bonds. The molecule has 0 saturated carbocycles. The molecule has 0 aliphatic rings. The number of aliphatic carboxylic acids is 1. The summed E-state index contributed by atoms with van der Waals surface area (Å²) in [6.45, 7) is -0.186.